The lowest BCUT2D eigenvalue weighted by atomic mass is 10.0. The third kappa shape index (κ3) is 3.59. The number of nitrogens with one attached hydrogen (secondary N) is 2. The van der Waals surface area contributed by atoms with Crippen molar-refractivity contribution in [3.63, 3.8) is 0 Å². The Bertz CT molecular complexity index is 799. The van der Waals surface area contributed by atoms with E-state index in [-0.39, 0.29) is 28.9 Å². The highest BCUT2D eigenvalue weighted by molar-refractivity contribution is 5.96. The average molecular weight is 347 g/mol. The van der Waals surface area contributed by atoms with Crippen LogP contribution in [0.3, 0.4) is 0 Å². The highest BCUT2D eigenvalue weighted by Gasteiger charge is 2.29. The molecule has 9 heteroatoms. The van der Waals surface area contributed by atoms with E-state index in [1.807, 2.05) is 11.0 Å². The Morgan fingerprint density at radius 3 is 2.80 bits per heavy atom. The van der Waals surface area contributed by atoms with Crippen LogP contribution in [-0.4, -0.2) is 40.2 Å². The summed E-state index contributed by atoms with van der Waals surface area (Å²) in [5.74, 6) is -0.839. The first-order chi connectivity index (χ1) is 12.0. The molecule has 1 aliphatic heterocycles. The highest BCUT2D eigenvalue weighted by atomic mass is 19.1. The molecule has 25 heavy (non-hydrogen) atoms. The van der Waals surface area contributed by atoms with Crippen molar-refractivity contribution in [1.29, 1.82) is 0 Å². The summed E-state index contributed by atoms with van der Waals surface area (Å²) in [6, 6.07) is 6.29. The number of aromatic amines is 1. The zero-order valence-corrected chi connectivity index (χ0v) is 13.7. The maximum atomic E-state index is 13.3. The number of nitro groups is 1. The van der Waals surface area contributed by atoms with E-state index in [9.17, 15) is 19.3 Å². The molecule has 0 saturated carbocycles. The molecule has 3 rings (SSSR count). The van der Waals surface area contributed by atoms with Gasteiger partial charge in [0.25, 0.3) is 5.91 Å². The summed E-state index contributed by atoms with van der Waals surface area (Å²) in [5.41, 5.74) is 0.559. The molecule has 0 radical (unpaired) electrons. The van der Waals surface area contributed by atoms with Gasteiger partial charge < -0.3 is 10.2 Å². The zero-order chi connectivity index (χ0) is 18.0. The minimum absolute atomic E-state index is 0.103. The predicted molar refractivity (Wildman–Crippen MR) is 89.1 cm³/mol. The summed E-state index contributed by atoms with van der Waals surface area (Å²) in [6.45, 7) is 2.82. The normalized spacial score (nSPS) is 15.2. The fraction of sp³-hybridized carbons (Fsp3) is 0.375. The maximum absolute atomic E-state index is 13.3. The van der Waals surface area contributed by atoms with Crippen LogP contribution in [0.25, 0.3) is 0 Å². The van der Waals surface area contributed by atoms with Gasteiger partial charge in [0.05, 0.1) is 4.92 Å². The molecule has 1 aromatic heterocycles. The summed E-state index contributed by atoms with van der Waals surface area (Å²) in [4.78, 5) is 24.8. The second-order valence-corrected chi connectivity index (χ2v) is 6.02. The van der Waals surface area contributed by atoms with Crippen molar-refractivity contribution >= 4 is 17.3 Å². The van der Waals surface area contributed by atoms with E-state index in [0.717, 1.165) is 5.69 Å². The summed E-state index contributed by atoms with van der Waals surface area (Å²) in [7, 11) is 0. The van der Waals surface area contributed by atoms with E-state index in [4.69, 9.17) is 0 Å². The zero-order valence-electron chi connectivity index (χ0n) is 13.7. The SMILES string of the molecule is Cc1[nH]nc(C(=O)NC2CCN(c3cccc(F)c3)CC2)c1[N+](=O)[O-]. The van der Waals surface area contributed by atoms with Gasteiger partial charge in [0.2, 0.25) is 5.69 Å². The Labute approximate surface area is 143 Å². The van der Waals surface area contributed by atoms with Crippen LogP contribution in [0, 0.1) is 22.9 Å². The average Bonchev–Trinajstić information content (AvgIpc) is 2.97. The third-order valence-electron chi connectivity index (χ3n) is 4.32. The lowest BCUT2D eigenvalue weighted by molar-refractivity contribution is -0.385. The van der Waals surface area contributed by atoms with Crippen molar-refractivity contribution in [1.82, 2.24) is 15.5 Å². The monoisotopic (exact) mass is 347 g/mol. The minimum atomic E-state index is -0.611. The number of anilines is 1. The number of carbonyl (C=O) groups is 1. The van der Waals surface area contributed by atoms with Crippen molar-refractivity contribution in [3.05, 3.63) is 51.6 Å². The molecule has 0 atom stereocenters. The predicted octanol–water partition coefficient (Wildman–Crippen LogP) is 2.16. The van der Waals surface area contributed by atoms with E-state index in [0.29, 0.717) is 25.9 Å². The number of nitrogens with zero attached hydrogens (tertiary/aromatic N) is 3. The van der Waals surface area contributed by atoms with Gasteiger partial charge in [-0.1, -0.05) is 6.07 Å². The summed E-state index contributed by atoms with van der Waals surface area (Å²) < 4.78 is 13.3. The van der Waals surface area contributed by atoms with Crippen LogP contribution in [0.15, 0.2) is 24.3 Å². The van der Waals surface area contributed by atoms with Gasteiger partial charge in [0, 0.05) is 24.8 Å². The molecule has 0 bridgehead atoms. The number of benzene rings is 1. The topological polar surface area (TPSA) is 104 Å². The quantitative estimate of drug-likeness (QED) is 0.651. The van der Waals surface area contributed by atoms with E-state index >= 15 is 0 Å². The lowest BCUT2D eigenvalue weighted by Gasteiger charge is -2.33. The second kappa shape index (κ2) is 6.88. The summed E-state index contributed by atoms with van der Waals surface area (Å²) in [6.07, 6.45) is 1.33. The standard InChI is InChI=1S/C16H18FN5O3/c1-10-15(22(24)25)14(20-19-10)16(23)18-12-5-7-21(8-6-12)13-4-2-3-11(17)9-13/h2-4,9,12H,5-8H2,1H3,(H,18,23)(H,19,20). The molecule has 2 aromatic rings. The van der Waals surface area contributed by atoms with Crippen LogP contribution in [0.1, 0.15) is 29.0 Å². The Hall–Kier alpha value is -2.97. The van der Waals surface area contributed by atoms with Crippen LogP contribution in [-0.2, 0) is 0 Å². The molecule has 0 unspecified atom stereocenters. The number of halogens is 1. The minimum Gasteiger partial charge on any atom is -0.371 e. The molecular weight excluding hydrogens is 329 g/mol. The molecule has 1 amide bonds. The molecule has 1 saturated heterocycles. The Morgan fingerprint density at radius 2 is 2.16 bits per heavy atom. The molecule has 0 aliphatic carbocycles. The molecule has 8 nitrogen and oxygen atoms in total. The Morgan fingerprint density at radius 1 is 1.44 bits per heavy atom. The van der Waals surface area contributed by atoms with Gasteiger partial charge in [0.1, 0.15) is 11.5 Å². The van der Waals surface area contributed by atoms with Gasteiger partial charge in [-0.15, -0.1) is 0 Å². The highest BCUT2D eigenvalue weighted by Crippen LogP contribution is 2.23. The number of amides is 1. The number of H-pyrrole nitrogens is 1. The van der Waals surface area contributed by atoms with Crippen molar-refractivity contribution < 1.29 is 14.1 Å². The lowest BCUT2D eigenvalue weighted by Crippen LogP contribution is -2.45. The van der Waals surface area contributed by atoms with Crippen LogP contribution in [0.5, 0.6) is 0 Å². The van der Waals surface area contributed by atoms with Gasteiger partial charge in [0.15, 0.2) is 0 Å². The molecule has 1 fully saturated rings. The Balaban J connectivity index is 1.61. The fourth-order valence-corrected chi connectivity index (χ4v) is 3.01. The Kier molecular flexibility index (Phi) is 4.64. The van der Waals surface area contributed by atoms with E-state index in [1.165, 1.54) is 19.1 Å². The number of aryl methyl sites for hydroxylation is 1. The fourth-order valence-electron chi connectivity index (χ4n) is 3.01. The van der Waals surface area contributed by atoms with Crippen LogP contribution < -0.4 is 10.2 Å². The first kappa shape index (κ1) is 16.9. The molecular formula is C16H18FN5O3. The van der Waals surface area contributed by atoms with Gasteiger partial charge >= 0.3 is 5.69 Å². The summed E-state index contributed by atoms with van der Waals surface area (Å²) >= 11 is 0. The number of piperidine rings is 1. The smallest absolute Gasteiger partial charge is 0.322 e. The van der Waals surface area contributed by atoms with Gasteiger partial charge in [-0.05, 0) is 38.0 Å². The third-order valence-corrected chi connectivity index (χ3v) is 4.32. The van der Waals surface area contributed by atoms with Crippen molar-refractivity contribution in [2.75, 3.05) is 18.0 Å². The van der Waals surface area contributed by atoms with Crippen molar-refractivity contribution in [2.45, 2.75) is 25.8 Å². The van der Waals surface area contributed by atoms with Crippen molar-refractivity contribution in [3.8, 4) is 0 Å². The first-order valence-electron chi connectivity index (χ1n) is 7.96. The number of rotatable bonds is 4. The molecule has 2 heterocycles. The second-order valence-electron chi connectivity index (χ2n) is 6.02. The number of aromatic nitrogens is 2. The maximum Gasteiger partial charge on any atom is 0.322 e. The van der Waals surface area contributed by atoms with E-state index in [1.54, 1.807) is 6.07 Å². The molecule has 1 aromatic carbocycles. The van der Waals surface area contributed by atoms with Gasteiger partial charge in [-0.3, -0.25) is 20.0 Å². The van der Waals surface area contributed by atoms with Crippen LogP contribution >= 0.6 is 0 Å². The summed E-state index contributed by atoms with van der Waals surface area (Å²) in [5, 5.41) is 20.1. The largest absolute Gasteiger partial charge is 0.371 e. The van der Waals surface area contributed by atoms with Crippen LogP contribution in [0.4, 0.5) is 15.8 Å². The van der Waals surface area contributed by atoms with Crippen molar-refractivity contribution in [2.24, 2.45) is 0 Å². The van der Waals surface area contributed by atoms with Gasteiger partial charge in [-0.2, -0.15) is 5.10 Å². The number of hydrogen-bond donors (Lipinski definition) is 2. The number of carbonyl (C=O) groups excluding carboxylic acids is 1. The van der Waals surface area contributed by atoms with Gasteiger partial charge in [-0.25, -0.2) is 4.39 Å². The van der Waals surface area contributed by atoms with Crippen LogP contribution in [0.2, 0.25) is 0 Å². The molecule has 132 valence electrons. The molecule has 0 spiro atoms. The molecule has 1 aliphatic rings. The van der Waals surface area contributed by atoms with E-state index in [2.05, 4.69) is 15.5 Å². The molecule has 2 N–H and O–H groups in total. The first-order valence-corrected chi connectivity index (χ1v) is 7.96. The number of hydrogen-bond acceptors (Lipinski definition) is 5. The van der Waals surface area contributed by atoms with E-state index < -0.39 is 10.8 Å².